The number of ether oxygens (including phenoxy) is 1. The predicted octanol–water partition coefficient (Wildman–Crippen LogP) is -1.72. The standard InChI is InChI=1S/C11H16N2O2.Li.H/c1-3-10-8(6-15-11(10)14)4-9-5-12-7-13(9)2;;/h5,7-8,10H,3-4,6H2,1-2H3;;/q;+1;-1/t8-,10-;;/m0../s1. The number of rotatable bonds is 3. The predicted molar refractivity (Wildman–Crippen MR) is 56.3 cm³/mol. The average molecular weight is 216 g/mol. The second-order valence-electron chi connectivity index (χ2n) is 4.10. The molecule has 0 bridgehead atoms. The van der Waals surface area contributed by atoms with Gasteiger partial charge in [0.15, 0.2) is 0 Å². The van der Waals surface area contributed by atoms with Crippen molar-refractivity contribution < 1.29 is 29.8 Å². The monoisotopic (exact) mass is 216 g/mol. The number of carbonyl (C=O) groups is 1. The fourth-order valence-corrected chi connectivity index (χ4v) is 2.16. The molecule has 0 radical (unpaired) electrons. The Morgan fingerprint density at radius 2 is 2.44 bits per heavy atom. The van der Waals surface area contributed by atoms with Crippen molar-refractivity contribution in [3.63, 3.8) is 0 Å². The van der Waals surface area contributed by atoms with E-state index < -0.39 is 0 Å². The summed E-state index contributed by atoms with van der Waals surface area (Å²) in [5.74, 6) is 0.350. The molecule has 1 aliphatic heterocycles. The van der Waals surface area contributed by atoms with E-state index in [0.29, 0.717) is 12.5 Å². The molecule has 1 aliphatic rings. The molecule has 2 rings (SSSR count). The van der Waals surface area contributed by atoms with Crippen LogP contribution in [-0.4, -0.2) is 22.1 Å². The van der Waals surface area contributed by atoms with E-state index in [9.17, 15) is 4.79 Å². The van der Waals surface area contributed by atoms with Crippen LogP contribution in [0.25, 0.3) is 0 Å². The number of esters is 1. The summed E-state index contributed by atoms with van der Waals surface area (Å²) in [5.41, 5.74) is 1.16. The Kier molecular flexibility index (Phi) is 4.64. The second-order valence-corrected chi connectivity index (χ2v) is 4.10. The van der Waals surface area contributed by atoms with Crippen LogP contribution in [0.5, 0.6) is 0 Å². The topological polar surface area (TPSA) is 44.1 Å². The number of hydrogen-bond acceptors (Lipinski definition) is 3. The van der Waals surface area contributed by atoms with Gasteiger partial charge in [0, 0.05) is 24.9 Å². The van der Waals surface area contributed by atoms with Crippen LogP contribution in [0.1, 0.15) is 20.5 Å². The zero-order valence-electron chi connectivity index (χ0n) is 11.1. The van der Waals surface area contributed by atoms with E-state index in [4.69, 9.17) is 4.74 Å². The summed E-state index contributed by atoms with van der Waals surface area (Å²) in [6.07, 6.45) is 5.38. The van der Waals surface area contributed by atoms with E-state index in [1.807, 2.05) is 24.7 Å². The molecule has 0 saturated carbocycles. The molecule has 16 heavy (non-hydrogen) atoms. The Labute approximate surface area is 109 Å². The minimum atomic E-state index is -0.0373. The van der Waals surface area contributed by atoms with Crippen LogP contribution in [0.15, 0.2) is 12.5 Å². The molecule has 4 nitrogen and oxygen atoms in total. The number of imidazole rings is 1. The van der Waals surface area contributed by atoms with E-state index in [2.05, 4.69) is 4.98 Å². The van der Waals surface area contributed by atoms with Crippen molar-refractivity contribution in [1.82, 2.24) is 9.55 Å². The number of carbonyl (C=O) groups excluding carboxylic acids is 1. The molecule has 0 unspecified atom stereocenters. The van der Waals surface area contributed by atoms with Gasteiger partial charge in [-0.1, -0.05) is 6.92 Å². The molecule has 2 atom stereocenters. The summed E-state index contributed by atoms with van der Waals surface area (Å²) in [7, 11) is 1.97. The minimum absolute atomic E-state index is 0. The largest absolute Gasteiger partial charge is 1.00 e. The molecule has 2 heterocycles. The minimum Gasteiger partial charge on any atom is -1.00 e. The van der Waals surface area contributed by atoms with E-state index in [1.54, 1.807) is 6.33 Å². The number of aryl methyl sites for hydroxylation is 1. The van der Waals surface area contributed by atoms with Crippen LogP contribution in [0.3, 0.4) is 0 Å². The summed E-state index contributed by atoms with van der Waals surface area (Å²) in [6, 6.07) is 0. The van der Waals surface area contributed by atoms with Crippen LogP contribution in [-0.2, 0) is 23.0 Å². The molecular weight excluding hydrogens is 199 g/mol. The van der Waals surface area contributed by atoms with Crippen molar-refractivity contribution in [3.05, 3.63) is 18.2 Å². The van der Waals surface area contributed by atoms with Crippen LogP contribution < -0.4 is 18.9 Å². The first kappa shape index (κ1) is 13.3. The van der Waals surface area contributed by atoms with E-state index >= 15 is 0 Å². The van der Waals surface area contributed by atoms with Crippen molar-refractivity contribution in [1.29, 1.82) is 0 Å². The van der Waals surface area contributed by atoms with Gasteiger partial charge in [-0.3, -0.25) is 4.79 Å². The molecular formula is C11H17LiN2O2. The Bertz CT molecular complexity index is 370. The molecule has 1 aromatic heterocycles. The third kappa shape index (κ3) is 2.50. The Morgan fingerprint density at radius 3 is 3.00 bits per heavy atom. The molecule has 0 amide bonds. The molecule has 1 aromatic rings. The summed E-state index contributed by atoms with van der Waals surface area (Å²) in [4.78, 5) is 15.5. The van der Waals surface area contributed by atoms with Gasteiger partial charge < -0.3 is 10.7 Å². The third-order valence-corrected chi connectivity index (χ3v) is 3.14. The van der Waals surface area contributed by atoms with Crippen molar-refractivity contribution in [2.45, 2.75) is 19.8 Å². The van der Waals surface area contributed by atoms with E-state index in [-0.39, 0.29) is 32.2 Å². The first-order valence-corrected chi connectivity index (χ1v) is 5.34. The van der Waals surface area contributed by atoms with Gasteiger partial charge in [-0.25, -0.2) is 4.98 Å². The van der Waals surface area contributed by atoms with Gasteiger partial charge in [-0.2, -0.15) is 0 Å². The first-order chi connectivity index (χ1) is 7.22. The maximum atomic E-state index is 11.4. The van der Waals surface area contributed by atoms with Gasteiger partial charge in [0.1, 0.15) is 0 Å². The van der Waals surface area contributed by atoms with Crippen molar-refractivity contribution in [3.8, 4) is 0 Å². The number of aromatic nitrogens is 2. The van der Waals surface area contributed by atoms with Gasteiger partial charge in [-0.05, 0) is 12.8 Å². The summed E-state index contributed by atoms with van der Waals surface area (Å²) < 4.78 is 7.08. The van der Waals surface area contributed by atoms with Gasteiger partial charge >= 0.3 is 24.8 Å². The van der Waals surface area contributed by atoms with Crippen molar-refractivity contribution in [2.75, 3.05) is 6.61 Å². The summed E-state index contributed by atoms with van der Waals surface area (Å²) >= 11 is 0. The maximum Gasteiger partial charge on any atom is 1.00 e. The van der Waals surface area contributed by atoms with E-state index in [1.165, 1.54) is 0 Å². The van der Waals surface area contributed by atoms with Gasteiger partial charge in [0.05, 0.1) is 18.9 Å². The smallest absolute Gasteiger partial charge is 1.00 e. The molecule has 1 fully saturated rings. The van der Waals surface area contributed by atoms with Gasteiger partial charge in [0.25, 0.3) is 0 Å². The molecule has 1 saturated heterocycles. The third-order valence-electron chi connectivity index (χ3n) is 3.14. The summed E-state index contributed by atoms with van der Waals surface area (Å²) in [5, 5.41) is 0. The molecule has 0 spiro atoms. The normalized spacial score (nSPS) is 24.0. The number of hydrogen-bond donors (Lipinski definition) is 0. The molecule has 5 heteroatoms. The van der Waals surface area contributed by atoms with Crippen LogP contribution in [0, 0.1) is 11.8 Å². The molecule has 0 aromatic carbocycles. The second kappa shape index (κ2) is 5.56. The quantitative estimate of drug-likeness (QED) is 0.446. The number of nitrogens with zero attached hydrogens (tertiary/aromatic N) is 2. The zero-order chi connectivity index (χ0) is 10.8. The first-order valence-electron chi connectivity index (χ1n) is 5.34. The average Bonchev–Trinajstić information content (AvgIpc) is 2.76. The van der Waals surface area contributed by atoms with Gasteiger partial charge in [0.2, 0.25) is 0 Å². The summed E-state index contributed by atoms with van der Waals surface area (Å²) in [6.45, 7) is 2.59. The zero-order valence-corrected chi connectivity index (χ0v) is 10.1. The molecule has 84 valence electrons. The maximum absolute atomic E-state index is 11.4. The number of cyclic esters (lactones) is 1. The Balaban J connectivity index is 0.00000128. The fraction of sp³-hybridized carbons (Fsp3) is 0.636. The molecule has 0 N–H and O–H groups in total. The molecule has 0 aliphatic carbocycles. The van der Waals surface area contributed by atoms with Gasteiger partial charge in [-0.15, -0.1) is 0 Å². The van der Waals surface area contributed by atoms with Crippen LogP contribution in [0.4, 0.5) is 0 Å². The van der Waals surface area contributed by atoms with Crippen LogP contribution in [0.2, 0.25) is 0 Å². The SMILES string of the molecule is CC[C@@H]1C(=O)OC[C@@H]1Cc1cncn1C.[H-].[Li+]. The Morgan fingerprint density at radius 1 is 1.69 bits per heavy atom. The fourth-order valence-electron chi connectivity index (χ4n) is 2.16. The van der Waals surface area contributed by atoms with Crippen molar-refractivity contribution >= 4 is 5.97 Å². The Hall–Kier alpha value is -0.723. The van der Waals surface area contributed by atoms with Crippen LogP contribution >= 0.6 is 0 Å². The van der Waals surface area contributed by atoms with E-state index in [0.717, 1.165) is 18.5 Å². The van der Waals surface area contributed by atoms with Crippen molar-refractivity contribution in [2.24, 2.45) is 18.9 Å².